The lowest BCUT2D eigenvalue weighted by Gasteiger charge is -2.30. The Hall–Kier alpha value is -2.60. The van der Waals surface area contributed by atoms with Crippen molar-refractivity contribution in [3.05, 3.63) is 57.0 Å². The third-order valence-corrected chi connectivity index (χ3v) is 5.66. The van der Waals surface area contributed by atoms with Crippen LogP contribution in [0.3, 0.4) is 0 Å². The van der Waals surface area contributed by atoms with Crippen LogP contribution in [-0.2, 0) is 13.0 Å². The molecule has 5 rings (SSSR count). The predicted octanol–water partition coefficient (Wildman–Crippen LogP) is 2.20. The Morgan fingerprint density at radius 1 is 1.15 bits per heavy atom. The van der Waals surface area contributed by atoms with Crippen LogP contribution >= 0.6 is 0 Å². The molecule has 0 amide bonds. The number of aromatic nitrogens is 2. The number of hydrogen-bond acceptors (Lipinski definition) is 5. The minimum absolute atomic E-state index is 0.0377. The molecule has 1 aromatic heterocycles. The molecule has 0 saturated carbocycles. The maximum atomic E-state index is 12.5. The number of rotatable bonds is 3. The number of fused-ring (bicyclic) bond motifs is 2. The largest absolute Gasteiger partial charge is 0.489 e. The zero-order valence-corrected chi connectivity index (χ0v) is 15.4. The van der Waals surface area contributed by atoms with Gasteiger partial charge in [0, 0.05) is 43.9 Å². The van der Waals surface area contributed by atoms with Gasteiger partial charge in [-0.1, -0.05) is 18.2 Å². The molecule has 1 aromatic carbocycles. The Kier molecular flexibility index (Phi) is 4.20. The number of ether oxygens (including phenoxy) is 1. The van der Waals surface area contributed by atoms with Crippen LogP contribution in [0.25, 0.3) is 6.08 Å². The molecule has 0 aliphatic carbocycles. The van der Waals surface area contributed by atoms with Gasteiger partial charge < -0.3 is 9.64 Å². The minimum atomic E-state index is 0.0377. The maximum Gasteiger partial charge on any atom is 0.255 e. The van der Waals surface area contributed by atoms with Crippen molar-refractivity contribution in [2.45, 2.75) is 25.8 Å². The second-order valence-corrected chi connectivity index (χ2v) is 7.60. The van der Waals surface area contributed by atoms with Gasteiger partial charge in [-0.25, -0.2) is 4.98 Å². The molecule has 6 heteroatoms. The summed E-state index contributed by atoms with van der Waals surface area (Å²) in [6.07, 6.45) is 5.32. The lowest BCUT2D eigenvalue weighted by atomic mass is 10.0. The van der Waals surface area contributed by atoms with Gasteiger partial charge in [-0.3, -0.25) is 14.7 Å². The Morgan fingerprint density at radius 3 is 2.89 bits per heavy atom. The lowest BCUT2D eigenvalue weighted by Crippen LogP contribution is -2.38. The van der Waals surface area contributed by atoms with Gasteiger partial charge in [0.15, 0.2) is 0 Å². The van der Waals surface area contributed by atoms with Gasteiger partial charge in [0.1, 0.15) is 12.4 Å². The van der Waals surface area contributed by atoms with Crippen molar-refractivity contribution in [2.75, 3.05) is 37.7 Å². The van der Waals surface area contributed by atoms with Crippen molar-refractivity contribution < 1.29 is 4.74 Å². The van der Waals surface area contributed by atoms with Crippen LogP contribution < -0.4 is 15.2 Å². The SMILES string of the molecule is O=c1[nH]c(N2CCCC2)nc2c1CCN(CC1=Cc3ccccc3OC1)C2. The summed E-state index contributed by atoms with van der Waals surface area (Å²) in [5, 5.41) is 0. The number of hydrogen-bond donors (Lipinski definition) is 1. The number of benzene rings is 1. The first-order chi connectivity index (χ1) is 13.3. The van der Waals surface area contributed by atoms with Gasteiger partial charge in [-0.05, 0) is 37.0 Å². The van der Waals surface area contributed by atoms with Crippen molar-refractivity contribution in [1.82, 2.24) is 14.9 Å². The van der Waals surface area contributed by atoms with Crippen LogP contribution in [0.5, 0.6) is 5.75 Å². The van der Waals surface area contributed by atoms with E-state index in [0.29, 0.717) is 6.61 Å². The molecular formula is C21H24N4O2. The zero-order chi connectivity index (χ0) is 18.2. The summed E-state index contributed by atoms with van der Waals surface area (Å²) >= 11 is 0. The zero-order valence-electron chi connectivity index (χ0n) is 15.4. The van der Waals surface area contributed by atoms with Gasteiger partial charge in [0.05, 0.1) is 5.69 Å². The Labute approximate surface area is 158 Å². The van der Waals surface area contributed by atoms with Gasteiger partial charge >= 0.3 is 0 Å². The van der Waals surface area contributed by atoms with Crippen molar-refractivity contribution in [3.8, 4) is 5.75 Å². The molecule has 1 N–H and O–H groups in total. The Balaban J connectivity index is 1.35. The summed E-state index contributed by atoms with van der Waals surface area (Å²) in [4.78, 5) is 24.9. The highest BCUT2D eigenvalue weighted by Gasteiger charge is 2.24. The lowest BCUT2D eigenvalue weighted by molar-refractivity contribution is 0.253. The summed E-state index contributed by atoms with van der Waals surface area (Å²) in [5.74, 6) is 1.70. The third-order valence-electron chi connectivity index (χ3n) is 5.66. The average Bonchev–Trinajstić information content (AvgIpc) is 3.22. The minimum Gasteiger partial charge on any atom is -0.489 e. The van der Waals surface area contributed by atoms with Crippen LogP contribution in [0.4, 0.5) is 5.95 Å². The van der Waals surface area contributed by atoms with E-state index in [4.69, 9.17) is 9.72 Å². The molecule has 0 atom stereocenters. The van der Waals surface area contributed by atoms with E-state index in [2.05, 4.69) is 26.9 Å². The van der Waals surface area contributed by atoms with E-state index in [1.54, 1.807) is 0 Å². The van der Waals surface area contributed by atoms with Crippen molar-refractivity contribution >= 4 is 12.0 Å². The monoisotopic (exact) mass is 364 g/mol. The van der Waals surface area contributed by atoms with Gasteiger partial charge in [0.2, 0.25) is 5.95 Å². The quantitative estimate of drug-likeness (QED) is 0.905. The van der Waals surface area contributed by atoms with Crippen molar-refractivity contribution in [3.63, 3.8) is 0 Å². The molecule has 140 valence electrons. The summed E-state index contributed by atoms with van der Waals surface area (Å²) in [5.41, 5.74) is 4.23. The second kappa shape index (κ2) is 6.85. The summed E-state index contributed by atoms with van der Waals surface area (Å²) in [6.45, 7) is 5.03. The topological polar surface area (TPSA) is 61.5 Å². The van der Waals surface area contributed by atoms with Crippen molar-refractivity contribution in [1.29, 1.82) is 0 Å². The van der Waals surface area contributed by atoms with Crippen LogP contribution in [0.15, 0.2) is 34.6 Å². The van der Waals surface area contributed by atoms with Gasteiger partial charge in [0.25, 0.3) is 5.56 Å². The third kappa shape index (κ3) is 3.25. The van der Waals surface area contributed by atoms with Crippen LogP contribution in [0, 0.1) is 0 Å². The van der Waals surface area contributed by atoms with E-state index < -0.39 is 0 Å². The molecule has 27 heavy (non-hydrogen) atoms. The first kappa shape index (κ1) is 16.6. The predicted molar refractivity (Wildman–Crippen MR) is 105 cm³/mol. The molecule has 3 aliphatic heterocycles. The van der Waals surface area contributed by atoms with Crippen LogP contribution in [-0.4, -0.2) is 47.7 Å². The molecule has 1 fully saturated rings. The number of para-hydroxylation sites is 1. The molecule has 0 bridgehead atoms. The maximum absolute atomic E-state index is 12.5. The molecular weight excluding hydrogens is 340 g/mol. The number of nitrogens with one attached hydrogen (secondary N) is 1. The van der Waals surface area contributed by atoms with Gasteiger partial charge in [-0.2, -0.15) is 0 Å². The summed E-state index contributed by atoms with van der Waals surface area (Å²) < 4.78 is 5.88. The molecule has 0 unspecified atom stereocenters. The fourth-order valence-electron chi connectivity index (χ4n) is 4.24. The fraction of sp³-hybridized carbons (Fsp3) is 0.429. The van der Waals surface area contributed by atoms with E-state index in [1.165, 1.54) is 18.4 Å². The summed E-state index contributed by atoms with van der Waals surface area (Å²) in [6, 6.07) is 8.13. The van der Waals surface area contributed by atoms with Gasteiger partial charge in [-0.15, -0.1) is 0 Å². The average molecular weight is 364 g/mol. The molecule has 6 nitrogen and oxygen atoms in total. The highest BCUT2D eigenvalue weighted by Crippen LogP contribution is 2.27. The van der Waals surface area contributed by atoms with E-state index in [-0.39, 0.29) is 5.56 Å². The number of nitrogens with zero attached hydrogens (tertiary/aromatic N) is 3. The van der Waals surface area contributed by atoms with E-state index in [9.17, 15) is 4.79 Å². The molecule has 0 radical (unpaired) electrons. The second-order valence-electron chi connectivity index (χ2n) is 7.60. The standard InChI is InChI=1S/C21H24N4O2/c26-20-17-7-10-24(12-15-11-16-5-1-2-6-19(16)27-14-15)13-18(17)22-21(23-20)25-8-3-4-9-25/h1-2,5-6,11H,3-4,7-10,12-14H2,(H,22,23,26). The van der Waals surface area contributed by atoms with E-state index >= 15 is 0 Å². The summed E-state index contributed by atoms with van der Waals surface area (Å²) in [7, 11) is 0. The Morgan fingerprint density at radius 2 is 2.00 bits per heavy atom. The van der Waals surface area contributed by atoms with Crippen molar-refractivity contribution in [2.24, 2.45) is 0 Å². The first-order valence-electron chi connectivity index (χ1n) is 9.77. The van der Waals surface area contributed by atoms with Crippen LogP contribution in [0.1, 0.15) is 29.7 Å². The van der Waals surface area contributed by atoms with Crippen LogP contribution in [0.2, 0.25) is 0 Å². The number of anilines is 1. The highest BCUT2D eigenvalue weighted by molar-refractivity contribution is 5.62. The number of H-pyrrole nitrogens is 1. The number of aromatic amines is 1. The van der Waals surface area contributed by atoms with E-state index in [1.807, 2.05) is 18.2 Å². The molecule has 3 aliphatic rings. The normalized spacial score (nSPS) is 19.3. The molecule has 4 heterocycles. The first-order valence-corrected chi connectivity index (χ1v) is 9.77. The van der Waals surface area contributed by atoms with E-state index in [0.717, 1.165) is 67.7 Å². The smallest absolute Gasteiger partial charge is 0.255 e. The highest BCUT2D eigenvalue weighted by atomic mass is 16.5. The molecule has 1 saturated heterocycles. The Bertz CT molecular complexity index is 943. The fourth-order valence-corrected chi connectivity index (χ4v) is 4.24. The molecule has 0 spiro atoms. The molecule has 2 aromatic rings.